The van der Waals surface area contributed by atoms with Crippen LogP contribution in [0.1, 0.15) is 35.8 Å². The summed E-state index contributed by atoms with van der Waals surface area (Å²) in [6.07, 6.45) is 1.80. The summed E-state index contributed by atoms with van der Waals surface area (Å²) >= 11 is 0. The molecule has 4 nitrogen and oxygen atoms in total. The number of nitrogens with zero attached hydrogens (tertiary/aromatic N) is 1. The number of carbonyl (C=O) groups excluding carboxylic acids is 1. The van der Waals surface area contributed by atoms with Gasteiger partial charge in [-0.05, 0) is 19.8 Å². The highest BCUT2D eigenvalue weighted by molar-refractivity contribution is 5.90. The predicted molar refractivity (Wildman–Crippen MR) is 49.1 cm³/mol. The number of rotatable bonds is 4. The van der Waals surface area contributed by atoms with Gasteiger partial charge in [0, 0.05) is 5.92 Å². The highest BCUT2D eigenvalue weighted by Crippen LogP contribution is 2.49. The Morgan fingerprint density at radius 2 is 2.38 bits per heavy atom. The topological polar surface area (TPSA) is 52.3 Å². The van der Waals surface area contributed by atoms with Crippen LogP contribution >= 0.6 is 0 Å². The standard InChI is InChI=1S/C10H11F2NO3/c1-2-15-9(14)7-5-16-13-8(7)10(11,12)6-3-4-6/h5-6H,2-4H2,1H3. The Morgan fingerprint density at radius 3 is 2.94 bits per heavy atom. The fraction of sp³-hybridized carbons (Fsp3) is 0.600. The van der Waals surface area contributed by atoms with E-state index in [4.69, 9.17) is 0 Å². The molecule has 0 saturated heterocycles. The van der Waals surface area contributed by atoms with Crippen LogP contribution in [0, 0.1) is 5.92 Å². The third-order valence-corrected chi connectivity index (χ3v) is 2.47. The van der Waals surface area contributed by atoms with Crippen molar-refractivity contribution in [1.29, 1.82) is 0 Å². The first-order chi connectivity index (χ1) is 7.57. The number of carbonyl (C=O) groups is 1. The van der Waals surface area contributed by atoms with Gasteiger partial charge >= 0.3 is 5.97 Å². The Morgan fingerprint density at radius 1 is 1.69 bits per heavy atom. The molecule has 0 atom stereocenters. The fourth-order valence-electron chi connectivity index (χ4n) is 1.47. The predicted octanol–water partition coefficient (Wildman–Crippen LogP) is 2.35. The van der Waals surface area contributed by atoms with Crippen molar-refractivity contribution < 1.29 is 22.8 Å². The molecule has 88 valence electrons. The molecule has 1 fully saturated rings. The average Bonchev–Trinajstić information content (AvgIpc) is 2.96. The van der Waals surface area contributed by atoms with Gasteiger partial charge in [-0.15, -0.1) is 0 Å². The Bertz CT molecular complexity index is 399. The summed E-state index contributed by atoms with van der Waals surface area (Å²) in [5, 5.41) is 3.23. The Kier molecular flexibility index (Phi) is 2.65. The molecule has 2 rings (SSSR count). The first-order valence-corrected chi connectivity index (χ1v) is 5.07. The van der Waals surface area contributed by atoms with Gasteiger partial charge in [0.2, 0.25) is 0 Å². The maximum Gasteiger partial charge on any atom is 0.343 e. The first kappa shape index (κ1) is 11.0. The number of hydrogen-bond acceptors (Lipinski definition) is 4. The van der Waals surface area contributed by atoms with E-state index in [1.165, 1.54) is 0 Å². The summed E-state index contributed by atoms with van der Waals surface area (Å²) in [4.78, 5) is 11.4. The second-order valence-electron chi connectivity index (χ2n) is 3.69. The van der Waals surface area contributed by atoms with E-state index in [1.54, 1.807) is 6.92 Å². The molecule has 0 aliphatic heterocycles. The van der Waals surface area contributed by atoms with Crippen LogP contribution in [0.15, 0.2) is 10.8 Å². The van der Waals surface area contributed by atoms with Crippen LogP contribution in [0.4, 0.5) is 8.78 Å². The van der Waals surface area contributed by atoms with Gasteiger partial charge in [-0.1, -0.05) is 5.16 Å². The van der Waals surface area contributed by atoms with Crippen LogP contribution in [-0.2, 0) is 10.7 Å². The molecule has 1 aromatic rings. The number of aromatic nitrogens is 1. The van der Waals surface area contributed by atoms with Crippen molar-refractivity contribution in [2.75, 3.05) is 6.61 Å². The minimum Gasteiger partial charge on any atom is -0.462 e. The number of ether oxygens (including phenoxy) is 1. The van der Waals surface area contributed by atoms with Gasteiger partial charge in [-0.2, -0.15) is 8.78 Å². The Balaban J connectivity index is 2.27. The van der Waals surface area contributed by atoms with E-state index in [0.717, 1.165) is 6.26 Å². The van der Waals surface area contributed by atoms with Gasteiger partial charge < -0.3 is 9.26 Å². The van der Waals surface area contributed by atoms with E-state index >= 15 is 0 Å². The lowest BCUT2D eigenvalue weighted by molar-refractivity contribution is -0.0364. The van der Waals surface area contributed by atoms with Crippen LogP contribution in [0.2, 0.25) is 0 Å². The minimum atomic E-state index is -3.10. The van der Waals surface area contributed by atoms with Gasteiger partial charge in [0.1, 0.15) is 11.8 Å². The van der Waals surface area contributed by atoms with E-state index in [1.807, 2.05) is 0 Å². The second kappa shape index (κ2) is 3.84. The maximum atomic E-state index is 13.7. The van der Waals surface area contributed by atoms with Crippen molar-refractivity contribution in [3.63, 3.8) is 0 Å². The van der Waals surface area contributed by atoms with E-state index < -0.39 is 23.5 Å². The first-order valence-electron chi connectivity index (χ1n) is 5.07. The zero-order valence-corrected chi connectivity index (χ0v) is 8.70. The van der Waals surface area contributed by atoms with Crippen LogP contribution < -0.4 is 0 Å². The van der Waals surface area contributed by atoms with Crippen LogP contribution in [0.25, 0.3) is 0 Å². The molecule has 1 saturated carbocycles. The van der Waals surface area contributed by atoms with Gasteiger partial charge in [0.15, 0.2) is 5.69 Å². The second-order valence-corrected chi connectivity index (χ2v) is 3.69. The molecule has 0 radical (unpaired) electrons. The highest BCUT2D eigenvalue weighted by Gasteiger charge is 2.52. The number of hydrogen-bond donors (Lipinski definition) is 0. The van der Waals surface area contributed by atoms with E-state index in [-0.39, 0.29) is 12.2 Å². The van der Waals surface area contributed by atoms with Gasteiger partial charge in [-0.25, -0.2) is 4.79 Å². The van der Waals surface area contributed by atoms with E-state index in [9.17, 15) is 13.6 Å². The molecule has 6 heteroatoms. The summed E-state index contributed by atoms with van der Waals surface area (Å²) in [5.41, 5.74) is -0.882. The summed E-state index contributed by atoms with van der Waals surface area (Å²) in [7, 11) is 0. The van der Waals surface area contributed by atoms with Gasteiger partial charge in [0.05, 0.1) is 6.61 Å². The highest BCUT2D eigenvalue weighted by atomic mass is 19.3. The zero-order chi connectivity index (χ0) is 11.8. The van der Waals surface area contributed by atoms with Crippen molar-refractivity contribution >= 4 is 5.97 Å². The third kappa shape index (κ3) is 1.79. The average molecular weight is 231 g/mol. The Hall–Kier alpha value is -1.46. The molecule has 16 heavy (non-hydrogen) atoms. The maximum absolute atomic E-state index is 13.7. The molecule has 0 aromatic carbocycles. The van der Waals surface area contributed by atoms with Crippen molar-refractivity contribution in [2.45, 2.75) is 25.7 Å². The molecule has 1 aliphatic rings. The van der Waals surface area contributed by atoms with Crippen LogP contribution in [0.3, 0.4) is 0 Å². The molecule has 0 N–H and O–H groups in total. The number of alkyl halides is 2. The minimum absolute atomic E-state index is 0.123. The zero-order valence-electron chi connectivity index (χ0n) is 8.70. The monoisotopic (exact) mass is 231 g/mol. The van der Waals surface area contributed by atoms with Crippen molar-refractivity contribution in [2.24, 2.45) is 5.92 Å². The van der Waals surface area contributed by atoms with Crippen molar-refractivity contribution in [3.8, 4) is 0 Å². The quantitative estimate of drug-likeness (QED) is 0.746. The smallest absolute Gasteiger partial charge is 0.343 e. The lowest BCUT2D eigenvalue weighted by Gasteiger charge is -2.12. The molecule has 1 aromatic heterocycles. The molecular weight excluding hydrogens is 220 g/mol. The normalized spacial score (nSPS) is 16.2. The molecule has 0 bridgehead atoms. The van der Waals surface area contributed by atoms with Crippen molar-refractivity contribution in [1.82, 2.24) is 5.16 Å². The number of halogens is 2. The summed E-state index contributed by atoms with van der Waals surface area (Å²) in [5.74, 6) is -4.65. The van der Waals surface area contributed by atoms with E-state index in [0.29, 0.717) is 12.8 Å². The van der Waals surface area contributed by atoms with Crippen LogP contribution in [0.5, 0.6) is 0 Å². The molecular formula is C10H11F2NO3. The molecule has 0 amide bonds. The summed E-state index contributed by atoms with van der Waals surface area (Å²) in [6, 6.07) is 0. The van der Waals surface area contributed by atoms with Gasteiger partial charge in [0.25, 0.3) is 5.92 Å². The Labute approximate surface area is 90.6 Å². The lowest BCUT2D eigenvalue weighted by Crippen LogP contribution is -2.21. The van der Waals surface area contributed by atoms with Crippen molar-refractivity contribution in [3.05, 3.63) is 17.5 Å². The third-order valence-electron chi connectivity index (χ3n) is 2.47. The largest absolute Gasteiger partial charge is 0.462 e. The number of esters is 1. The lowest BCUT2D eigenvalue weighted by atomic mass is 10.1. The molecule has 1 aliphatic carbocycles. The molecule has 0 unspecified atom stereocenters. The fourth-order valence-corrected chi connectivity index (χ4v) is 1.47. The summed E-state index contributed by atoms with van der Waals surface area (Å²) < 4.78 is 36.5. The molecule has 0 spiro atoms. The SMILES string of the molecule is CCOC(=O)c1conc1C(F)(F)C1CC1. The van der Waals surface area contributed by atoms with E-state index in [2.05, 4.69) is 14.4 Å². The summed E-state index contributed by atoms with van der Waals surface area (Å²) in [6.45, 7) is 1.72. The van der Waals surface area contributed by atoms with Gasteiger partial charge in [-0.3, -0.25) is 0 Å². The molecule has 1 heterocycles. The van der Waals surface area contributed by atoms with Crippen LogP contribution in [-0.4, -0.2) is 17.7 Å².